The highest BCUT2D eigenvalue weighted by molar-refractivity contribution is 5.75. The van der Waals surface area contributed by atoms with Gasteiger partial charge < -0.3 is 55.5 Å². The first-order valence-electron chi connectivity index (χ1n) is 9.04. The van der Waals surface area contributed by atoms with Crippen LogP contribution in [0.2, 0.25) is 0 Å². The Morgan fingerprint density at radius 3 is 1.97 bits per heavy atom. The van der Waals surface area contributed by atoms with E-state index in [9.17, 15) is 45.0 Å². The van der Waals surface area contributed by atoms with Crippen LogP contribution in [0, 0.1) is 0 Å². The van der Waals surface area contributed by atoms with Crippen molar-refractivity contribution in [3.63, 3.8) is 0 Å². The van der Waals surface area contributed by atoms with Gasteiger partial charge in [-0.1, -0.05) is 0 Å². The number of carboxylic acid groups (broad SMARTS) is 1. The van der Waals surface area contributed by atoms with Crippen LogP contribution in [0.1, 0.15) is 13.8 Å². The Hall–Kier alpha value is -1.91. The minimum atomic E-state index is -1.94. The number of amides is 2. The molecule has 0 aromatic rings. The van der Waals surface area contributed by atoms with Gasteiger partial charge in [-0.05, 0) is 0 Å². The van der Waals surface area contributed by atoms with E-state index in [2.05, 4.69) is 10.6 Å². The van der Waals surface area contributed by atoms with Gasteiger partial charge in [0.15, 0.2) is 18.7 Å². The van der Waals surface area contributed by atoms with E-state index in [1.165, 1.54) is 0 Å². The van der Waals surface area contributed by atoms with E-state index >= 15 is 0 Å². The van der Waals surface area contributed by atoms with Gasteiger partial charge in [0.2, 0.25) is 11.8 Å². The summed E-state index contributed by atoms with van der Waals surface area (Å²) in [4.78, 5) is 34.4. The monoisotopic (exact) mass is 438 g/mol. The van der Waals surface area contributed by atoms with Crippen molar-refractivity contribution >= 4 is 17.8 Å². The lowest BCUT2D eigenvalue weighted by molar-refractivity contribution is -0.319. The van der Waals surface area contributed by atoms with E-state index in [-0.39, 0.29) is 0 Å². The number of aliphatic carboxylic acids is 1. The second-order valence-electron chi connectivity index (χ2n) is 7.04. The molecule has 14 heteroatoms. The number of ether oxygens (including phenoxy) is 3. The zero-order chi connectivity index (χ0) is 22.7. The summed E-state index contributed by atoms with van der Waals surface area (Å²) in [7, 11) is 0. The van der Waals surface area contributed by atoms with Gasteiger partial charge in [-0.15, -0.1) is 0 Å². The maximum atomic E-state index is 11.5. The molecule has 2 rings (SSSR count). The molecule has 14 nitrogen and oxygen atoms in total. The number of rotatable bonds is 6. The van der Waals surface area contributed by atoms with Gasteiger partial charge >= 0.3 is 5.97 Å². The van der Waals surface area contributed by atoms with E-state index in [0.717, 1.165) is 13.8 Å². The van der Waals surface area contributed by atoms with Gasteiger partial charge in [-0.3, -0.25) is 9.59 Å². The third-order valence-corrected chi connectivity index (χ3v) is 4.75. The zero-order valence-electron chi connectivity index (χ0n) is 16.1. The number of carbonyl (C=O) groups excluding carboxylic acids is 2. The summed E-state index contributed by atoms with van der Waals surface area (Å²) in [6.45, 7) is 1.48. The van der Waals surface area contributed by atoms with Crippen LogP contribution in [-0.2, 0) is 28.6 Å². The highest BCUT2D eigenvalue weighted by atomic mass is 16.7. The highest BCUT2D eigenvalue weighted by Gasteiger charge is 2.52. The SMILES string of the molecule is CC(=O)N[C@@H]1[C@@H](O[C@H]2O[C@H](C(=O)O)[C@H](O)[C@H](O)[C@H]2NC(C)=O)[C@H](O)[C@@H](CO)O[C@H]1O. The molecule has 2 amide bonds. The smallest absolute Gasteiger partial charge is 0.335 e. The van der Waals surface area contributed by atoms with Gasteiger partial charge in [0.1, 0.15) is 42.6 Å². The number of hydrogen-bond acceptors (Lipinski definition) is 11. The summed E-state index contributed by atoms with van der Waals surface area (Å²) < 4.78 is 15.8. The fourth-order valence-electron chi connectivity index (χ4n) is 3.36. The molecule has 0 aromatic carbocycles. The summed E-state index contributed by atoms with van der Waals surface area (Å²) in [6, 6.07) is -2.85. The lowest BCUT2D eigenvalue weighted by Crippen LogP contribution is -2.69. The fraction of sp³-hybridized carbons (Fsp3) is 0.812. The van der Waals surface area contributed by atoms with Crippen molar-refractivity contribution in [1.82, 2.24) is 10.6 Å². The van der Waals surface area contributed by atoms with Gasteiger partial charge in [-0.2, -0.15) is 0 Å². The van der Waals surface area contributed by atoms with Gasteiger partial charge in [0, 0.05) is 13.8 Å². The largest absolute Gasteiger partial charge is 0.479 e. The molecule has 0 aliphatic carbocycles. The minimum Gasteiger partial charge on any atom is -0.479 e. The van der Waals surface area contributed by atoms with Crippen molar-refractivity contribution in [2.24, 2.45) is 0 Å². The molecular formula is C16H26N2O12. The standard InChI is InChI=1S/C16H26N2O12/c1-4(20)17-7-10(23)11(24)13(14(25)26)30-16(7)29-12-8(18-5(2)21)15(27)28-6(3-19)9(12)22/h6-13,15-16,19,22-24,27H,3H2,1-2H3,(H,17,20)(H,18,21)(H,25,26)/t6-,7-,8-,9-,10-,11-,12-,13+,15-,16+/m1/s1. The van der Waals surface area contributed by atoms with Crippen molar-refractivity contribution in [3.05, 3.63) is 0 Å². The molecule has 0 saturated carbocycles. The summed E-state index contributed by atoms with van der Waals surface area (Å²) in [5.74, 6) is -2.93. The van der Waals surface area contributed by atoms with Gasteiger partial charge in [0.05, 0.1) is 6.61 Å². The minimum absolute atomic E-state index is 0.632. The Balaban J connectivity index is 2.36. The van der Waals surface area contributed by atoms with Gasteiger partial charge in [-0.25, -0.2) is 4.79 Å². The second-order valence-corrected chi connectivity index (χ2v) is 7.04. The normalized spacial score (nSPS) is 41.7. The van der Waals surface area contributed by atoms with E-state index < -0.39 is 85.7 Å². The maximum Gasteiger partial charge on any atom is 0.335 e. The second kappa shape index (κ2) is 9.93. The van der Waals surface area contributed by atoms with Crippen LogP contribution in [-0.4, -0.2) is 116 Å². The molecule has 0 unspecified atom stereocenters. The third kappa shape index (κ3) is 5.22. The van der Waals surface area contributed by atoms with E-state index in [1.54, 1.807) is 0 Å². The number of carboxylic acids is 1. The van der Waals surface area contributed by atoms with Crippen LogP contribution in [0.25, 0.3) is 0 Å². The molecule has 2 heterocycles. The first-order valence-corrected chi connectivity index (χ1v) is 9.04. The molecule has 0 bridgehead atoms. The molecule has 0 radical (unpaired) electrons. The molecule has 30 heavy (non-hydrogen) atoms. The highest BCUT2D eigenvalue weighted by Crippen LogP contribution is 2.29. The van der Waals surface area contributed by atoms with E-state index in [0.29, 0.717) is 0 Å². The molecule has 172 valence electrons. The van der Waals surface area contributed by atoms with Crippen LogP contribution in [0.3, 0.4) is 0 Å². The topological polar surface area (TPSA) is 224 Å². The maximum absolute atomic E-state index is 11.5. The van der Waals surface area contributed by atoms with Crippen molar-refractivity contribution in [2.75, 3.05) is 6.61 Å². The Bertz CT molecular complexity index is 648. The number of aliphatic hydroxyl groups is 5. The number of carbonyl (C=O) groups is 3. The summed E-state index contributed by atoms with van der Waals surface area (Å²) in [5, 5.41) is 64.1. The molecule has 2 aliphatic heterocycles. The van der Waals surface area contributed by atoms with Crippen LogP contribution >= 0.6 is 0 Å². The quantitative estimate of drug-likeness (QED) is 0.195. The number of hydrogen-bond donors (Lipinski definition) is 8. The van der Waals surface area contributed by atoms with Crippen molar-refractivity contribution < 1.29 is 59.2 Å². The van der Waals surface area contributed by atoms with Crippen LogP contribution in [0.5, 0.6) is 0 Å². The Labute approximate surface area is 170 Å². The Morgan fingerprint density at radius 2 is 1.47 bits per heavy atom. The molecule has 8 N–H and O–H groups in total. The molecule has 2 fully saturated rings. The Morgan fingerprint density at radius 1 is 0.900 bits per heavy atom. The van der Waals surface area contributed by atoms with E-state index in [4.69, 9.17) is 14.2 Å². The van der Waals surface area contributed by atoms with Crippen LogP contribution in [0.15, 0.2) is 0 Å². The predicted molar refractivity (Wildman–Crippen MR) is 92.4 cm³/mol. The van der Waals surface area contributed by atoms with Crippen molar-refractivity contribution in [2.45, 2.75) is 75.1 Å². The molecule has 2 aliphatic rings. The van der Waals surface area contributed by atoms with Gasteiger partial charge in [0.25, 0.3) is 0 Å². The number of aliphatic hydroxyl groups excluding tert-OH is 5. The average Bonchev–Trinajstić information content (AvgIpc) is 2.65. The molecule has 0 aromatic heterocycles. The summed E-state index contributed by atoms with van der Waals surface area (Å²) in [6.07, 6.45) is -13.6. The average molecular weight is 438 g/mol. The molecule has 10 atom stereocenters. The summed E-state index contributed by atoms with van der Waals surface area (Å²) in [5.41, 5.74) is 0. The molecular weight excluding hydrogens is 412 g/mol. The van der Waals surface area contributed by atoms with Crippen molar-refractivity contribution in [1.29, 1.82) is 0 Å². The summed E-state index contributed by atoms with van der Waals surface area (Å²) >= 11 is 0. The van der Waals surface area contributed by atoms with Crippen LogP contribution in [0.4, 0.5) is 0 Å². The lowest BCUT2D eigenvalue weighted by Gasteiger charge is -2.47. The zero-order valence-corrected chi connectivity index (χ0v) is 16.1. The van der Waals surface area contributed by atoms with Crippen LogP contribution < -0.4 is 10.6 Å². The lowest BCUT2D eigenvalue weighted by atomic mass is 9.94. The Kier molecular flexibility index (Phi) is 8.06. The fourth-order valence-corrected chi connectivity index (χ4v) is 3.36. The molecule has 0 spiro atoms. The predicted octanol–water partition coefficient (Wildman–Crippen LogP) is -5.02. The van der Waals surface area contributed by atoms with Crippen molar-refractivity contribution in [3.8, 4) is 0 Å². The van der Waals surface area contributed by atoms with E-state index in [1.807, 2.05) is 0 Å². The third-order valence-electron chi connectivity index (χ3n) is 4.75. The first kappa shape index (κ1) is 24.4. The number of nitrogens with one attached hydrogen (secondary N) is 2. The molecule has 2 saturated heterocycles. The first-order chi connectivity index (χ1) is 14.0.